The van der Waals surface area contributed by atoms with Gasteiger partial charge in [0.25, 0.3) is 11.8 Å². The molecule has 0 radical (unpaired) electrons. The number of amides is 3. The van der Waals surface area contributed by atoms with Gasteiger partial charge in [0, 0.05) is 25.2 Å². The summed E-state index contributed by atoms with van der Waals surface area (Å²) in [7, 11) is 1.25. The van der Waals surface area contributed by atoms with Crippen LogP contribution < -0.4 is 11.1 Å². The summed E-state index contributed by atoms with van der Waals surface area (Å²) < 4.78 is 19.9. The number of fused-ring (bicyclic) bond motifs is 1. The van der Waals surface area contributed by atoms with E-state index < -0.39 is 47.6 Å². The SMILES string of the molecule is CO/N=C(\C(=O)N[C@H]1C(=O)N2C(C(=O)O[C@@H](C)OC(C)=O)=C(COC(N)=O)CS[C@H]12)c1ccco1. The molecule has 3 heterocycles. The Balaban J connectivity index is 1.80. The van der Waals surface area contributed by atoms with Gasteiger partial charge in [0.05, 0.1) is 6.26 Å². The summed E-state index contributed by atoms with van der Waals surface area (Å²) in [5.41, 5.74) is 4.89. The minimum Gasteiger partial charge on any atom is -0.462 e. The van der Waals surface area contributed by atoms with Crippen molar-refractivity contribution >= 4 is 47.3 Å². The van der Waals surface area contributed by atoms with Crippen LogP contribution >= 0.6 is 11.8 Å². The molecule has 1 fully saturated rings. The van der Waals surface area contributed by atoms with Crippen molar-refractivity contribution in [3.8, 4) is 0 Å². The zero-order chi connectivity index (χ0) is 25.7. The number of β-lactam (4-membered cyclic amide) rings is 1. The van der Waals surface area contributed by atoms with Crippen molar-refractivity contribution in [1.82, 2.24) is 10.2 Å². The fourth-order valence-electron chi connectivity index (χ4n) is 3.32. The zero-order valence-corrected chi connectivity index (χ0v) is 19.7. The van der Waals surface area contributed by atoms with Gasteiger partial charge in [-0.1, -0.05) is 5.16 Å². The molecule has 1 aromatic heterocycles. The van der Waals surface area contributed by atoms with Crippen molar-refractivity contribution < 1.29 is 47.4 Å². The summed E-state index contributed by atoms with van der Waals surface area (Å²) in [5.74, 6) is -2.75. The molecule has 0 aromatic carbocycles. The first kappa shape index (κ1) is 25.6. The first-order valence-electron chi connectivity index (χ1n) is 10.1. The van der Waals surface area contributed by atoms with Gasteiger partial charge < -0.3 is 34.5 Å². The highest BCUT2D eigenvalue weighted by molar-refractivity contribution is 8.00. The average molecular weight is 510 g/mol. The van der Waals surface area contributed by atoms with Crippen LogP contribution in [0.1, 0.15) is 19.6 Å². The fraction of sp³-hybridized carbons (Fsp3) is 0.400. The van der Waals surface area contributed by atoms with Gasteiger partial charge in [-0.25, -0.2) is 9.59 Å². The number of nitrogens with one attached hydrogen (secondary N) is 1. The van der Waals surface area contributed by atoms with Crippen molar-refractivity contribution in [2.75, 3.05) is 19.5 Å². The Bertz CT molecular complexity index is 1080. The largest absolute Gasteiger partial charge is 0.462 e. The molecule has 14 nitrogen and oxygen atoms in total. The standard InChI is InChI=1S/C20H22N4O10S/c1-9(25)33-10(2)34-19(28)15-11(7-32-20(21)29)8-35-18-14(17(27)24(15)18)22-16(26)13(23-30-3)12-5-4-6-31-12/h4-6,10,14,18H,7-8H2,1-3H3,(H2,21,29)(H,22,26)/b23-13-/t10-,14-,18+/m0/s1. The number of nitrogens with two attached hydrogens (primary N) is 1. The van der Waals surface area contributed by atoms with E-state index in [0.29, 0.717) is 0 Å². The number of furan rings is 1. The van der Waals surface area contributed by atoms with Crippen LogP contribution in [0.5, 0.6) is 0 Å². The van der Waals surface area contributed by atoms with Crippen LogP contribution in [0.4, 0.5) is 4.79 Å². The maximum absolute atomic E-state index is 13.0. The lowest BCUT2D eigenvalue weighted by atomic mass is 10.0. The van der Waals surface area contributed by atoms with E-state index in [9.17, 15) is 24.0 Å². The van der Waals surface area contributed by atoms with Crippen molar-refractivity contribution in [2.24, 2.45) is 10.9 Å². The minimum atomic E-state index is -1.24. The summed E-state index contributed by atoms with van der Waals surface area (Å²) in [6, 6.07) is 2.03. The first-order chi connectivity index (χ1) is 16.6. The van der Waals surface area contributed by atoms with Crippen LogP contribution in [-0.4, -0.2) is 77.6 Å². The quantitative estimate of drug-likeness (QED) is 0.147. The predicted molar refractivity (Wildman–Crippen MR) is 117 cm³/mol. The first-order valence-corrected chi connectivity index (χ1v) is 11.1. The van der Waals surface area contributed by atoms with Gasteiger partial charge in [0.2, 0.25) is 12.0 Å². The third-order valence-electron chi connectivity index (χ3n) is 4.67. The van der Waals surface area contributed by atoms with Crippen LogP contribution in [0.2, 0.25) is 0 Å². The van der Waals surface area contributed by atoms with Gasteiger partial charge in [0.15, 0.2) is 5.76 Å². The summed E-state index contributed by atoms with van der Waals surface area (Å²) in [4.78, 5) is 66.7. The van der Waals surface area contributed by atoms with Crippen molar-refractivity contribution in [1.29, 1.82) is 0 Å². The number of hydrogen-bond acceptors (Lipinski definition) is 12. The number of rotatable bonds is 9. The Morgan fingerprint density at radius 2 is 2.09 bits per heavy atom. The average Bonchev–Trinajstić information content (AvgIpc) is 3.32. The van der Waals surface area contributed by atoms with Crippen LogP contribution in [0.3, 0.4) is 0 Å². The fourth-order valence-corrected chi connectivity index (χ4v) is 4.65. The van der Waals surface area contributed by atoms with E-state index in [-0.39, 0.29) is 35.1 Å². The summed E-state index contributed by atoms with van der Waals surface area (Å²) in [6.07, 6.45) is -0.976. The highest BCUT2D eigenvalue weighted by atomic mass is 32.2. The molecule has 3 rings (SSSR count). The number of carbonyl (C=O) groups excluding carboxylic acids is 5. The van der Waals surface area contributed by atoms with Gasteiger partial charge in [-0.15, -0.1) is 11.8 Å². The molecule has 0 spiro atoms. The van der Waals surface area contributed by atoms with E-state index in [4.69, 9.17) is 29.2 Å². The highest BCUT2D eigenvalue weighted by Crippen LogP contribution is 2.41. The number of esters is 2. The van der Waals surface area contributed by atoms with Crippen molar-refractivity contribution in [3.05, 3.63) is 35.4 Å². The minimum absolute atomic E-state index is 0.124. The Kier molecular flexibility index (Phi) is 8.01. The van der Waals surface area contributed by atoms with E-state index in [2.05, 4.69) is 10.5 Å². The van der Waals surface area contributed by atoms with E-state index >= 15 is 0 Å². The number of primary amides is 1. The Morgan fingerprint density at radius 3 is 2.69 bits per heavy atom. The molecule has 0 saturated carbocycles. The van der Waals surface area contributed by atoms with Crippen molar-refractivity contribution in [3.63, 3.8) is 0 Å². The number of ether oxygens (including phenoxy) is 3. The van der Waals surface area contributed by atoms with Crippen LogP contribution in [0.25, 0.3) is 0 Å². The second kappa shape index (κ2) is 10.9. The van der Waals surface area contributed by atoms with Gasteiger partial charge in [-0.3, -0.25) is 19.3 Å². The normalized spacial score (nSPS) is 20.3. The third-order valence-corrected chi connectivity index (χ3v) is 6.01. The predicted octanol–water partition coefficient (Wildman–Crippen LogP) is -0.168. The lowest BCUT2D eigenvalue weighted by Gasteiger charge is -2.49. The Morgan fingerprint density at radius 1 is 1.34 bits per heavy atom. The number of carbonyl (C=O) groups is 5. The van der Waals surface area contributed by atoms with E-state index in [1.807, 2.05) is 0 Å². The summed E-state index contributed by atoms with van der Waals surface area (Å²) >= 11 is 1.21. The molecule has 35 heavy (non-hydrogen) atoms. The van der Waals surface area contributed by atoms with Gasteiger partial charge >= 0.3 is 18.0 Å². The number of nitrogens with zero attached hydrogens (tertiary/aromatic N) is 2. The third kappa shape index (κ3) is 5.74. The molecule has 1 aromatic rings. The molecule has 2 aliphatic heterocycles. The Hall–Kier alpha value is -4.01. The summed E-state index contributed by atoms with van der Waals surface area (Å²) in [5, 5.41) is 5.53. The number of hydrogen-bond donors (Lipinski definition) is 2. The maximum Gasteiger partial charge on any atom is 0.404 e. The molecule has 2 aliphatic rings. The smallest absolute Gasteiger partial charge is 0.404 e. The molecule has 3 N–H and O–H groups in total. The van der Waals surface area contributed by atoms with Crippen molar-refractivity contribution in [2.45, 2.75) is 31.6 Å². The molecule has 188 valence electrons. The van der Waals surface area contributed by atoms with Crippen LogP contribution in [-0.2, 0) is 38.2 Å². The van der Waals surface area contributed by atoms with Crippen LogP contribution in [0.15, 0.2) is 39.2 Å². The highest BCUT2D eigenvalue weighted by Gasteiger charge is 2.55. The lowest BCUT2D eigenvalue weighted by molar-refractivity contribution is -0.182. The van der Waals surface area contributed by atoms with E-state index in [1.165, 1.54) is 38.1 Å². The molecule has 0 unspecified atom stereocenters. The molecule has 3 atom stereocenters. The second-order valence-corrected chi connectivity index (χ2v) is 8.21. The Labute approximate surface area is 202 Å². The molecule has 0 bridgehead atoms. The van der Waals surface area contributed by atoms with Crippen LogP contribution in [0, 0.1) is 0 Å². The number of thioether (sulfide) groups is 1. The maximum atomic E-state index is 13.0. The molecule has 0 aliphatic carbocycles. The topological polar surface area (TPSA) is 189 Å². The lowest BCUT2D eigenvalue weighted by Crippen LogP contribution is -2.71. The van der Waals surface area contributed by atoms with Gasteiger partial charge in [-0.2, -0.15) is 0 Å². The van der Waals surface area contributed by atoms with Gasteiger partial charge in [0.1, 0.15) is 30.8 Å². The number of oxime groups is 1. The zero-order valence-electron chi connectivity index (χ0n) is 18.8. The van der Waals surface area contributed by atoms with E-state index in [0.717, 1.165) is 11.8 Å². The van der Waals surface area contributed by atoms with E-state index in [1.54, 1.807) is 6.07 Å². The summed E-state index contributed by atoms with van der Waals surface area (Å²) in [6.45, 7) is 2.09. The molecular formula is C20H22N4O10S. The monoisotopic (exact) mass is 510 g/mol. The van der Waals surface area contributed by atoms with Gasteiger partial charge in [-0.05, 0) is 12.1 Å². The molecule has 15 heteroatoms. The molecular weight excluding hydrogens is 488 g/mol. The molecule has 3 amide bonds. The second-order valence-electron chi connectivity index (χ2n) is 7.10. The molecule has 1 saturated heterocycles.